The number of ether oxygens (including phenoxy) is 1. The van der Waals surface area contributed by atoms with Crippen LogP contribution in [0.15, 0.2) is 65.6 Å². The normalized spacial score (nSPS) is 14.7. The van der Waals surface area contributed by atoms with Crippen molar-refractivity contribution in [2.45, 2.75) is 30.6 Å². The number of nitrogens with one attached hydrogen (secondary N) is 1. The van der Waals surface area contributed by atoms with Crippen LogP contribution < -0.4 is 14.4 Å². The topological polar surface area (TPSA) is 84.4 Å². The highest BCUT2D eigenvalue weighted by Crippen LogP contribution is 2.24. The molecule has 1 aliphatic rings. The van der Waals surface area contributed by atoms with Crippen molar-refractivity contribution in [3.8, 4) is 17.0 Å². The van der Waals surface area contributed by atoms with E-state index in [4.69, 9.17) is 4.74 Å². The summed E-state index contributed by atoms with van der Waals surface area (Å²) in [6.07, 6.45) is 4.93. The minimum absolute atomic E-state index is 0.144. The number of anilines is 2. The predicted octanol–water partition coefficient (Wildman–Crippen LogP) is 4.33. The summed E-state index contributed by atoms with van der Waals surface area (Å²) in [4.78, 5) is 2.44. The number of aromatic nitrogens is 2. The molecular weight excluding hydrogens is 412 g/mol. The molecule has 1 aliphatic heterocycles. The summed E-state index contributed by atoms with van der Waals surface area (Å²) in [5.41, 5.74) is 2.10. The lowest BCUT2D eigenvalue weighted by Crippen LogP contribution is -2.25. The smallest absolute Gasteiger partial charge is 0.262 e. The Morgan fingerprint density at radius 1 is 0.903 bits per heavy atom. The molecule has 1 N–H and O–H groups in total. The fraction of sp³-hybridized carbons (Fsp3) is 0.304. The van der Waals surface area contributed by atoms with Crippen LogP contribution in [0.5, 0.6) is 5.75 Å². The van der Waals surface area contributed by atoms with E-state index in [0.717, 1.165) is 30.2 Å². The van der Waals surface area contributed by atoms with Crippen molar-refractivity contribution >= 4 is 21.5 Å². The third-order valence-corrected chi connectivity index (χ3v) is 6.74. The largest absolute Gasteiger partial charge is 0.497 e. The lowest BCUT2D eigenvalue weighted by atomic mass is 10.1. The van der Waals surface area contributed by atoms with Gasteiger partial charge in [-0.25, -0.2) is 8.42 Å². The van der Waals surface area contributed by atoms with Crippen molar-refractivity contribution in [1.29, 1.82) is 0 Å². The van der Waals surface area contributed by atoms with E-state index in [1.165, 1.54) is 44.9 Å². The summed E-state index contributed by atoms with van der Waals surface area (Å²) in [6.45, 7) is 2.05. The fourth-order valence-corrected chi connectivity index (χ4v) is 4.73. The van der Waals surface area contributed by atoms with Crippen molar-refractivity contribution in [3.05, 3.63) is 60.7 Å². The van der Waals surface area contributed by atoms with Crippen LogP contribution in [0, 0.1) is 0 Å². The second-order valence-electron chi connectivity index (χ2n) is 7.54. The van der Waals surface area contributed by atoms with Crippen LogP contribution in [0.25, 0.3) is 11.3 Å². The molecular formula is C23H26N4O3S. The van der Waals surface area contributed by atoms with Crippen LogP contribution in [0.3, 0.4) is 0 Å². The van der Waals surface area contributed by atoms with Crippen molar-refractivity contribution < 1.29 is 13.2 Å². The molecule has 1 saturated heterocycles. The lowest BCUT2D eigenvalue weighted by Gasteiger charge is -2.20. The van der Waals surface area contributed by atoms with Gasteiger partial charge in [-0.1, -0.05) is 31.0 Å². The van der Waals surface area contributed by atoms with Gasteiger partial charge in [0, 0.05) is 30.4 Å². The van der Waals surface area contributed by atoms with Crippen LogP contribution in [-0.2, 0) is 10.0 Å². The monoisotopic (exact) mass is 438 g/mol. The third-order valence-electron chi connectivity index (χ3n) is 5.36. The molecule has 4 rings (SSSR count). The van der Waals surface area contributed by atoms with Gasteiger partial charge in [0.15, 0.2) is 5.82 Å². The number of hydrogen-bond donors (Lipinski definition) is 1. The average Bonchev–Trinajstić information content (AvgIpc) is 3.09. The van der Waals surface area contributed by atoms with E-state index in [1.807, 2.05) is 24.3 Å². The molecule has 7 nitrogen and oxygen atoms in total. The zero-order valence-corrected chi connectivity index (χ0v) is 18.3. The Morgan fingerprint density at radius 2 is 1.65 bits per heavy atom. The number of hydrogen-bond acceptors (Lipinski definition) is 6. The number of rotatable bonds is 6. The second kappa shape index (κ2) is 9.34. The molecule has 0 bridgehead atoms. The first kappa shape index (κ1) is 21.1. The summed E-state index contributed by atoms with van der Waals surface area (Å²) < 4.78 is 33.0. The highest BCUT2D eigenvalue weighted by Gasteiger charge is 2.15. The van der Waals surface area contributed by atoms with Crippen LogP contribution in [0.1, 0.15) is 25.7 Å². The zero-order chi connectivity index (χ0) is 21.7. The summed E-state index contributed by atoms with van der Waals surface area (Å²) >= 11 is 0. The van der Waals surface area contributed by atoms with Gasteiger partial charge in [0.05, 0.1) is 17.7 Å². The predicted molar refractivity (Wildman–Crippen MR) is 122 cm³/mol. The SMILES string of the molecule is COc1cccc(S(=O)(=O)Nc2ccc(-c3ccc(N4CCCCCC4)nn3)cc2)c1. The minimum Gasteiger partial charge on any atom is -0.497 e. The van der Waals surface area contributed by atoms with E-state index in [1.54, 1.807) is 24.3 Å². The molecule has 0 amide bonds. The Morgan fingerprint density at radius 3 is 2.29 bits per heavy atom. The molecule has 31 heavy (non-hydrogen) atoms. The first-order valence-corrected chi connectivity index (χ1v) is 11.9. The Hall–Kier alpha value is -3.13. The molecule has 0 radical (unpaired) electrons. The molecule has 0 spiro atoms. The molecule has 1 fully saturated rings. The van der Waals surface area contributed by atoms with Crippen molar-refractivity contribution in [2.24, 2.45) is 0 Å². The van der Waals surface area contributed by atoms with Gasteiger partial charge >= 0.3 is 0 Å². The number of benzene rings is 2. The highest BCUT2D eigenvalue weighted by atomic mass is 32.2. The summed E-state index contributed by atoms with van der Waals surface area (Å²) in [5, 5.41) is 8.79. The minimum atomic E-state index is -3.71. The van der Waals surface area contributed by atoms with E-state index >= 15 is 0 Å². The Balaban J connectivity index is 1.46. The quantitative estimate of drug-likeness (QED) is 0.617. The Labute approximate surface area is 183 Å². The number of sulfonamides is 1. The molecule has 0 atom stereocenters. The molecule has 8 heteroatoms. The number of methoxy groups -OCH3 is 1. The van der Waals surface area contributed by atoms with E-state index < -0.39 is 10.0 Å². The Bertz CT molecular complexity index is 1110. The standard InChI is InChI=1S/C23H26N4O3S/c1-30-20-7-6-8-21(17-20)31(28,29)26-19-11-9-18(10-12-19)22-13-14-23(25-24-22)27-15-4-2-3-5-16-27/h6-14,17,26H,2-5,15-16H2,1H3. The van der Waals surface area contributed by atoms with Gasteiger partial charge in [-0.3, -0.25) is 4.72 Å². The zero-order valence-electron chi connectivity index (χ0n) is 17.5. The molecule has 2 heterocycles. The number of nitrogens with zero attached hydrogens (tertiary/aromatic N) is 3. The van der Waals surface area contributed by atoms with Gasteiger partial charge in [0.2, 0.25) is 0 Å². The van der Waals surface area contributed by atoms with E-state index in [-0.39, 0.29) is 4.90 Å². The highest BCUT2D eigenvalue weighted by molar-refractivity contribution is 7.92. The maximum absolute atomic E-state index is 12.6. The van der Waals surface area contributed by atoms with E-state index in [0.29, 0.717) is 11.4 Å². The molecule has 2 aromatic carbocycles. The fourth-order valence-electron chi connectivity index (χ4n) is 3.64. The molecule has 0 saturated carbocycles. The van der Waals surface area contributed by atoms with E-state index in [9.17, 15) is 8.42 Å². The molecule has 0 unspecified atom stereocenters. The summed E-state index contributed by atoms with van der Waals surface area (Å²) in [6, 6.07) is 17.4. The molecule has 3 aromatic rings. The Kier molecular flexibility index (Phi) is 6.36. The van der Waals surface area contributed by atoms with Gasteiger partial charge in [-0.05, 0) is 49.2 Å². The average molecular weight is 439 g/mol. The first-order valence-electron chi connectivity index (χ1n) is 10.4. The second-order valence-corrected chi connectivity index (χ2v) is 9.22. The van der Waals surface area contributed by atoms with Crippen LogP contribution in [0.2, 0.25) is 0 Å². The van der Waals surface area contributed by atoms with Gasteiger partial charge in [-0.2, -0.15) is 0 Å². The van der Waals surface area contributed by atoms with Crippen molar-refractivity contribution in [3.63, 3.8) is 0 Å². The van der Waals surface area contributed by atoms with Crippen LogP contribution in [0.4, 0.5) is 11.5 Å². The third kappa shape index (κ3) is 5.14. The van der Waals surface area contributed by atoms with Crippen LogP contribution in [-0.4, -0.2) is 38.8 Å². The first-order chi connectivity index (χ1) is 15.0. The molecule has 0 aliphatic carbocycles. The lowest BCUT2D eigenvalue weighted by molar-refractivity contribution is 0.413. The van der Waals surface area contributed by atoms with Gasteiger partial charge in [0.25, 0.3) is 10.0 Å². The molecule has 162 valence electrons. The maximum Gasteiger partial charge on any atom is 0.262 e. The van der Waals surface area contributed by atoms with Gasteiger partial charge in [0.1, 0.15) is 5.75 Å². The van der Waals surface area contributed by atoms with Gasteiger partial charge in [-0.15, -0.1) is 10.2 Å². The van der Waals surface area contributed by atoms with Crippen molar-refractivity contribution in [2.75, 3.05) is 29.8 Å². The van der Waals surface area contributed by atoms with Crippen molar-refractivity contribution in [1.82, 2.24) is 10.2 Å². The molecule has 1 aromatic heterocycles. The maximum atomic E-state index is 12.6. The van der Waals surface area contributed by atoms with Crippen LogP contribution >= 0.6 is 0 Å². The van der Waals surface area contributed by atoms with E-state index in [2.05, 4.69) is 19.8 Å². The summed E-state index contributed by atoms with van der Waals surface area (Å²) in [5.74, 6) is 1.40. The van der Waals surface area contributed by atoms with Gasteiger partial charge < -0.3 is 9.64 Å². The summed E-state index contributed by atoms with van der Waals surface area (Å²) in [7, 11) is -2.21.